The van der Waals surface area contributed by atoms with E-state index in [1.165, 1.54) is 0 Å². The van der Waals surface area contributed by atoms with Crippen LogP contribution in [0.3, 0.4) is 0 Å². The molecule has 1 aliphatic heterocycles. The molecule has 0 aromatic carbocycles. The summed E-state index contributed by atoms with van der Waals surface area (Å²) < 4.78 is 0. The largest absolute Gasteiger partial charge is 0.312 e. The van der Waals surface area contributed by atoms with Gasteiger partial charge < -0.3 is 5.21 Å². The lowest BCUT2D eigenvalue weighted by atomic mass is 10.2. The van der Waals surface area contributed by atoms with Crippen LogP contribution in [0.5, 0.6) is 0 Å². The van der Waals surface area contributed by atoms with Gasteiger partial charge >= 0.3 is 0 Å². The summed E-state index contributed by atoms with van der Waals surface area (Å²) in [6.45, 7) is 0.359. The molecule has 1 atom stereocenters. The summed E-state index contributed by atoms with van der Waals surface area (Å²) >= 11 is 0. The number of hydrazine groups is 1. The number of aldehydes is 1. The van der Waals surface area contributed by atoms with Crippen LogP contribution in [0.1, 0.15) is 0 Å². The van der Waals surface area contributed by atoms with Gasteiger partial charge in [0.05, 0.1) is 6.67 Å². The Bertz CT molecular complexity index is 172. The second-order valence-electron chi connectivity index (χ2n) is 2.19. The highest BCUT2D eigenvalue weighted by Crippen LogP contribution is 1.96. The summed E-state index contributed by atoms with van der Waals surface area (Å²) in [7, 11) is 0. The zero-order valence-electron chi connectivity index (χ0n) is 5.78. The van der Waals surface area contributed by atoms with Gasteiger partial charge in [0.1, 0.15) is 6.04 Å². The molecule has 0 aliphatic carbocycles. The second kappa shape index (κ2) is 3.54. The van der Waals surface area contributed by atoms with Crippen molar-refractivity contribution in [2.45, 2.75) is 6.04 Å². The van der Waals surface area contributed by atoms with Crippen molar-refractivity contribution >= 4 is 12.1 Å². The molecular weight excluding hydrogens is 150 g/mol. The molecule has 0 amide bonds. The molecule has 6 heteroatoms. The number of hydrogen-bond acceptors (Lipinski definition) is 6. The van der Waals surface area contributed by atoms with Gasteiger partial charge in [0, 0.05) is 6.54 Å². The Morgan fingerprint density at radius 2 is 2.36 bits per heavy atom. The Hall–Kier alpha value is -0.820. The van der Waals surface area contributed by atoms with E-state index in [1.807, 2.05) is 0 Å². The molecule has 1 unspecified atom stereocenters. The molecule has 1 heterocycles. The van der Waals surface area contributed by atoms with Crippen LogP contribution in [0, 0.1) is 0 Å². The maximum absolute atomic E-state index is 10.7. The van der Waals surface area contributed by atoms with E-state index in [0.717, 1.165) is 5.06 Å². The Morgan fingerprint density at radius 3 is 2.91 bits per heavy atom. The number of carbonyl (C=O) groups excluding carboxylic acids is 2. The highest BCUT2D eigenvalue weighted by molar-refractivity contribution is 6.27. The van der Waals surface area contributed by atoms with Crippen LogP contribution < -0.4 is 10.9 Å². The van der Waals surface area contributed by atoms with Crippen LogP contribution in [0.4, 0.5) is 0 Å². The summed E-state index contributed by atoms with van der Waals surface area (Å²) in [6, 6.07) is -0.756. The third-order valence-electron chi connectivity index (χ3n) is 1.47. The molecule has 3 N–H and O–H groups in total. The van der Waals surface area contributed by atoms with Gasteiger partial charge in [-0.2, -0.15) is 5.06 Å². The standard InChI is InChI=1S/C5H9N3O3/c9-2-5(10)4-1-6-7-3-8(4)11/h2,4,6-7,11H,1,3H2. The minimum absolute atomic E-state index is 0.129. The molecule has 11 heavy (non-hydrogen) atoms. The molecule has 6 nitrogen and oxygen atoms in total. The average Bonchev–Trinajstić information content (AvgIpc) is 2.04. The summed E-state index contributed by atoms with van der Waals surface area (Å²) in [4.78, 5) is 20.8. The number of ketones is 1. The summed E-state index contributed by atoms with van der Waals surface area (Å²) in [6.07, 6.45) is 0.209. The van der Waals surface area contributed by atoms with Crippen molar-refractivity contribution in [2.75, 3.05) is 13.2 Å². The Morgan fingerprint density at radius 1 is 1.64 bits per heavy atom. The predicted molar refractivity (Wildman–Crippen MR) is 34.5 cm³/mol. The molecule has 0 spiro atoms. The zero-order valence-corrected chi connectivity index (χ0v) is 5.78. The van der Waals surface area contributed by atoms with Gasteiger partial charge in [-0.1, -0.05) is 0 Å². The zero-order chi connectivity index (χ0) is 8.27. The maximum Gasteiger partial charge on any atom is 0.216 e. The third-order valence-corrected chi connectivity index (χ3v) is 1.47. The van der Waals surface area contributed by atoms with Crippen molar-refractivity contribution in [3.63, 3.8) is 0 Å². The first-order chi connectivity index (χ1) is 5.25. The van der Waals surface area contributed by atoms with Gasteiger partial charge in [-0.15, -0.1) is 0 Å². The average molecular weight is 159 g/mol. The minimum atomic E-state index is -0.756. The topological polar surface area (TPSA) is 81.7 Å². The van der Waals surface area contributed by atoms with Crippen molar-refractivity contribution in [1.29, 1.82) is 0 Å². The monoisotopic (exact) mass is 159 g/mol. The van der Waals surface area contributed by atoms with E-state index in [4.69, 9.17) is 5.21 Å². The van der Waals surface area contributed by atoms with Crippen molar-refractivity contribution in [1.82, 2.24) is 15.9 Å². The SMILES string of the molecule is O=CC(=O)C1CNNCN1O. The fraction of sp³-hybridized carbons (Fsp3) is 0.600. The summed E-state index contributed by atoms with van der Waals surface area (Å²) in [5.74, 6) is -0.624. The molecule has 0 aromatic rings. The summed E-state index contributed by atoms with van der Waals surface area (Å²) in [5, 5.41) is 9.81. The van der Waals surface area contributed by atoms with Gasteiger partial charge in [0.2, 0.25) is 5.78 Å². The number of rotatable bonds is 2. The third kappa shape index (κ3) is 1.81. The molecule has 1 aliphatic rings. The van der Waals surface area contributed by atoms with Crippen LogP contribution in [0.2, 0.25) is 0 Å². The Balaban J connectivity index is 2.53. The molecular formula is C5H9N3O3. The Labute approximate surface area is 63.1 Å². The van der Waals surface area contributed by atoms with Crippen LogP contribution in [-0.2, 0) is 9.59 Å². The summed E-state index contributed by atoms with van der Waals surface area (Å²) in [5.41, 5.74) is 5.25. The van der Waals surface area contributed by atoms with Crippen molar-refractivity contribution < 1.29 is 14.8 Å². The fourth-order valence-electron chi connectivity index (χ4n) is 0.847. The number of hydroxylamine groups is 2. The molecule has 0 saturated carbocycles. The van der Waals surface area contributed by atoms with E-state index in [9.17, 15) is 9.59 Å². The number of carbonyl (C=O) groups is 2. The molecule has 1 saturated heterocycles. The van der Waals surface area contributed by atoms with E-state index in [0.29, 0.717) is 0 Å². The van der Waals surface area contributed by atoms with Gasteiger partial charge in [0.25, 0.3) is 0 Å². The van der Waals surface area contributed by atoms with Crippen molar-refractivity contribution in [3.8, 4) is 0 Å². The van der Waals surface area contributed by atoms with Gasteiger partial charge in [0.15, 0.2) is 6.29 Å². The van der Waals surface area contributed by atoms with Crippen molar-refractivity contribution in [3.05, 3.63) is 0 Å². The molecule has 1 fully saturated rings. The van der Waals surface area contributed by atoms with Gasteiger partial charge in [-0.25, -0.2) is 5.43 Å². The lowest BCUT2D eigenvalue weighted by molar-refractivity contribution is -0.165. The smallest absolute Gasteiger partial charge is 0.216 e. The van der Waals surface area contributed by atoms with E-state index < -0.39 is 11.8 Å². The van der Waals surface area contributed by atoms with Crippen molar-refractivity contribution in [2.24, 2.45) is 0 Å². The van der Waals surface area contributed by atoms with Gasteiger partial charge in [-0.3, -0.25) is 15.0 Å². The van der Waals surface area contributed by atoms with E-state index in [-0.39, 0.29) is 19.5 Å². The molecule has 0 radical (unpaired) electrons. The highest BCUT2D eigenvalue weighted by atomic mass is 16.5. The molecule has 0 bridgehead atoms. The lowest BCUT2D eigenvalue weighted by Crippen LogP contribution is -2.59. The second-order valence-corrected chi connectivity index (χ2v) is 2.19. The van der Waals surface area contributed by atoms with Crippen LogP contribution in [0.15, 0.2) is 0 Å². The quantitative estimate of drug-likeness (QED) is 0.315. The van der Waals surface area contributed by atoms with E-state index in [2.05, 4.69) is 10.9 Å². The fourth-order valence-corrected chi connectivity index (χ4v) is 0.847. The molecule has 62 valence electrons. The van der Waals surface area contributed by atoms with Crippen LogP contribution >= 0.6 is 0 Å². The lowest BCUT2D eigenvalue weighted by Gasteiger charge is -2.28. The van der Waals surface area contributed by atoms with Crippen LogP contribution in [0.25, 0.3) is 0 Å². The van der Waals surface area contributed by atoms with Gasteiger partial charge in [-0.05, 0) is 0 Å². The Kier molecular flexibility index (Phi) is 2.66. The molecule has 0 aromatic heterocycles. The van der Waals surface area contributed by atoms with E-state index in [1.54, 1.807) is 0 Å². The first kappa shape index (κ1) is 8.28. The first-order valence-electron chi connectivity index (χ1n) is 3.16. The van der Waals surface area contributed by atoms with E-state index >= 15 is 0 Å². The van der Waals surface area contributed by atoms with Crippen LogP contribution in [-0.4, -0.2) is 41.6 Å². The number of nitrogens with one attached hydrogen (secondary N) is 2. The molecule has 1 rings (SSSR count). The maximum atomic E-state index is 10.7. The minimum Gasteiger partial charge on any atom is -0.312 e. The normalized spacial score (nSPS) is 26.5. The predicted octanol–water partition coefficient (Wildman–Crippen LogP) is -2.12. The first-order valence-corrected chi connectivity index (χ1v) is 3.16. The number of hydrogen-bond donors (Lipinski definition) is 3. The number of nitrogens with zero attached hydrogens (tertiary/aromatic N) is 1. The highest BCUT2D eigenvalue weighted by Gasteiger charge is 2.26. The number of Topliss-reactive ketones (excluding diaryl/α,β-unsaturated/α-hetero) is 1.